The highest BCUT2D eigenvalue weighted by molar-refractivity contribution is 8.00. The van der Waals surface area contributed by atoms with Gasteiger partial charge in [0.25, 0.3) is 0 Å². The van der Waals surface area contributed by atoms with Gasteiger partial charge < -0.3 is 4.57 Å². The van der Waals surface area contributed by atoms with E-state index in [0.717, 1.165) is 28.5 Å². The Morgan fingerprint density at radius 1 is 1.00 bits per heavy atom. The van der Waals surface area contributed by atoms with Crippen molar-refractivity contribution in [2.75, 3.05) is 0 Å². The molecule has 4 aromatic rings. The Labute approximate surface area is 185 Å². The van der Waals surface area contributed by atoms with Crippen molar-refractivity contribution in [1.82, 2.24) is 14.8 Å². The van der Waals surface area contributed by atoms with Gasteiger partial charge in [-0.1, -0.05) is 77.5 Å². The molecule has 0 amide bonds. The molecular formula is C24H23N3OS2. The third-order valence-electron chi connectivity index (χ3n) is 5.02. The van der Waals surface area contributed by atoms with Crippen LogP contribution in [0.15, 0.2) is 71.2 Å². The lowest BCUT2D eigenvalue weighted by molar-refractivity contribution is 0.0989. The highest BCUT2D eigenvalue weighted by Crippen LogP contribution is 2.37. The zero-order valence-corrected chi connectivity index (χ0v) is 18.8. The van der Waals surface area contributed by atoms with Crippen LogP contribution in [0.4, 0.5) is 0 Å². The molecule has 0 saturated heterocycles. The first kappa shape index (κ1) is 20.6. The standard InChI is InChI=1S/C24H23N3OS2/c1-16-6-10-18(11-7-16)22(28)23(19-12-8-17(2)9-13-19)30-24-26-25-21(27(24)3)15-20-5-4-14-29-20/h4-14,23H,15H2,1-3H3/t23-/m1/s1. The van der Waals surface area contributed by atoms with Crippen LogP contribution < -0.4 is 0 Å². The van der Waals surface area contributed by atoms with Crippen LogP contribution in [0.1, 0.15) is 43.0 Å². The molecule has 0 aliphatic carbocycles. The van der Waals surface area contributed by atoms with Gasteiger partial charge in [0.15, 0.2) is 10.9 Å². The summed E-state index contributed by atoms with van der Waals surface area (Å²) in [5.74, 6) is 0.969. The second-order valence-corrected chi connectivity index (χ2v) is 9.46. The average molecular weight is 434 g/mol. The smallest absolute Gasteiger partial charge is 0.192 e. The van der Waals surface area contributed by atoms with Gasteiger partial charge in [0, 0.05) is 23.9 Å². The zero-order chi connectivity index (χ0) is 21.1. The summed E-state index contributed by atoms with van der Waals surface area (Å²) in [6, 6.07) is 20.0. The summed E-state index contributed by atoms with van der Waals surface area (Å²) in [7, 11) is 1.97. The number of ketones is 1. The van der Waals surface area contributed by atoms with Crippen molar-refractivity contribution in [2.45, 2.75) is 30.7 Å². The Kier molecular flexibility index (Phi) is 6.16. The third-order valence-corrected chi connectivity index (χ3v) is 7.18. The monoisotopic (exact) mass is 433 g/mol. The summed E-state index contributed by atoms with van der Waals surface area (Å²) in [4.78, 5) is 14.7. The molecule has 30 heavy (non-hydrogen) atoms. The predicted octanol–water partition coefficient (Wildman–Crippen LogP) is 5.80. The number of hydrogen-bond acceptors (Lipinski definition) is 5. The molecule has 0 spiro atoms. The molecule has 0 radical (unpaired) electrons. The quantitative estimate of drug-likeness (QED) is 0.273. The Bertz CT molecular complexity index is 1130. The number of Topliss-reactive ketones (excluding diaryl/α,β-unsaturated/α-hetero) is 1. The van der Waals surface area contributed by atoms with Gasteiger partial charge in [-0.2, -0.15) is 0 Å². The summed E-state index contributed by atoms with van der Waals surface area (Å²) < 4.78 is 1.99. The SMILES string of the molecule is Cc1ccc(C(=O)[C@H](Sc2nnc(Cc3cccs3)n2C)c2ccc(C)cc2)cc1. The van der Waals surface area contributed by atoms with Crippen LogP contribution in [-0.2, 0) is 13.5 Å². The number of aryl methyl sites for hydroxylation is 2. The van der Waals surface area contributed by atoms with Crippen molar-refractivity contribution < 1.29 is 4.79 Å². The molecule has 4 rings (SSSR count). The molecule has 0 unspecified atom stereocenters. The van der Waals surface area contributed by atoms with Gasteiger partial charge in [-0.3, -0.25) is 4.79 Å². The van der Waals surface area contributed by atoms with Crippen LogP contribution in [-0.4, -0.2) is 20.5 Å². The summed E-state index contributed by atoms with van der Waals surface area (Å²) in [5.41, 5.74) is 3.98. The molecule has 0 fully saturated rings. The summed E-state index contributed by atoms with van der Waals surface area (Å²) in [6.45, 7) is 4.07. The molecule has 0 bridgehead atoms. The molecule has 2 aromatic carbocycles. The van der Waals surface area contributed by atoms with E-state index in [9.17, 15) is 4.79 Å². The van der Waals surface area contributed by atoms with Crippen molar-refractivity contribution in [2.24, 2.45) is 7.05 Å². The molecule has 2 aromatic heterocycles. The van der Waals surface area contributed by atoms with E-state index in [-0.39, 0.29) is 11.0 Å². The second kappa shape index (κ2) is 8.98. The molecule has 0 aliphatic heterocycles. The lowest BCUT2D eigenvalue weighted by Gasteiger charge is -2.16. The largest absolute Gasteiger partial charge is 0.309 e. The molecule has 2 heterocycles. The van der Waals surface area contributed by atoms with Gasteiger partial charge in [0.2, 0.25) is 0 Å². The molecule has 0 saturated carbocycles. The van der Waals surface area contributed by atoms with Crippen LogP contribution in [0.25, 0.3) is 0 Å². The van der Waals surface area contributed by atoms with Crippen LogP contribution in [0, 0.1) is 13.8 Å². The number of aromatic nitrogens is 3. The number of benzene rings is 2. The van der Waals surface area contributed by atoms with E-state index in [4.69, 9.17) is 0 Å². The lowest BCUT2D eigenvalue weighted by atomic mass is 10.0. The Morgan fingerprint density at radius 2 is 1.67 bits per heavy atom. The first-order chi connectivity index (χ1) is 14.5. The normalized spacial score (nSPS) is 12.1. The van der Waals surface area contributed by atoms with Crippen LogP contribution in [0.5, 0.6) is 0 Å². The van der Waals surface area contributed by atoms with E-state index in [1.54, 1.807) is 11.3 Å². The summed E-state index contributed by atoms with van der Waals surface area (Å²) >= 11 is 3.17. The van der Waals surface area contributed by atoms with Crippen molar-refractivity contribution in [1.29, 1.82) is 0 Å². The van der Waals surface area contributed by atoms with E-state index >= 15 is 0 Å². The molecule has 152 valence electrons. The van der Waals surface area contributed by atoms with Crippen LogP contribution >= 0.6 is 23.1 Å². The van der Waals surface area contributed by atoms with E-state index in [1.165, 1.54) is 22.2 Å². The topological polar surface area (TPSA) is 47.8 Å². The van der Waals surface area contributed by atoms with Gasteiger partial charge in [-0.05, 0) is 30.9 Å². The number of carbonyl (C=O) groups is 1. The van der Waals surface area contributed by atoms with Gasteiger partial charge in [-0.25, -0.2) is 0 Å². The number of hydrogen-bond donors (Lipinski definition) is 0. The fourth-order valence-electron chi connectivity index (χ4n) is 3.16. The van der Waals surface area contributed by atoms with E-state index in [2.05, 4.69) is 21.6 Å². The Balaban J connectivity index is 1.65. The fourth-order valence-corrected chi connectivity index (χ4v) is 4.96. The van der Waals surface area contributed by atoms with Crippen LogP contribution in [0.2, 0.25) is 0 Å². The molecule has 6 heteroatoms. The zero-order valence-electron chi connectivity index (χ0n) is 17.2. The highest BCUT2D eigenvalue weighted by Gasteiger charge is 2.26. The van der Waals surface area contributed by atoms with Gasteiger partial charge in [0.1, 0.15) is 11.1 Å². The molecular weight excluding hydrogens is 410 g/mol. The van der Waals surface area contributed by atoms with Crippen molar-refractivity contribution in [3.05, 3.63) is 99.0 Å². The lowest BCUT2D eigenvalue weighted by Crippen LogP contribution is -2.11. The highest BCUT2D eigenvalue weighted by atomic mass is 32.2. The van der Waals surface area contributed by atoms with E-state index in [0.29, 0.717) is 5.56 Å². The van der Waals surface area contributed by atoms with Gasteiger partial charge >= 0.3 is 0 Å². The molecule has 1 atom stereocenters. The Hall–Kier alpha value is -2.70. The van der Waals surface area contributed by atoms with Crippen molar-refractivity contribution >= 4 is 28.9 Å². The number of thioether (sulfide) groups is 1. The number of nitrogens with zero attached hydrogens (tertiary/aromatic N) is 3. The molecule has 0 N–H and O–H groups in total. The predicted molar refractivity (Wildman–Crippen MR) is 123 cm³/mol. The maximum atomic E-state index is 13.4. The number of thiophene rings is 1. The average Bonchev–Trinajstić information content (AvgIpc) is 3.38. The number of carbonyl (C=O) groups excluding carboxylic acids is 1. The van der Waals surface area contributed by atoms with Crippen molar-refractivity contribution in [3.63, 3.8) is 0 Å². The first-order valence-electron chi connectivity index (χ1n) is 9.76. The van der Waals surface area contributed by atoms with E-state index in [1.807, 2.05) is 80.1 Å². The minimum absolute atomic E-state index is 0.0756. The van der Waals surface area contributed by atoms with E-state index < -0.39 is 0 Å². The minimum atomic E-state index is -0.384. The minimum Gasteiger partial charge on any atom is -0.309 e. The third kappa shape index (κ3) is 4.55. The Morgan fingerprint density at radius 3 is 2.30 bits per heavy atom. The second-order valence-electron chi connectivity index (χ2n) is 7.35. The number of rotatable bonds is 7. The summed E-state index contributed by atoms with van der Waals surface area (Å²) in [5, 5.41) is 11.2. The fraction of sp³-hybridized carbons (Fsp3) is 0.208. The van der Waals surface area contributed by atoms with Gasteiger partial charge in [0.05, 0.1) is 0 Å². The molecule has 0 aliphatic rings. The maximum absolute atomic E-state index is 13.4. The van der Waals surface area contributed by atoms with Crippen LogP contribution in [0.3, 0.4) is 0 Å². The van der Waals surface area contributed by atoms with Gasteiger partial charge in [-0.15, -0.1) is 21.5 Å². The molecule has 4 nitrogen and oxygen atoms in total. The maximum Gasteiger partial charge on any atom is 0.192 e. The summed E-state index contributed by atoms with van der Waals surface area (Å²) in [6.07, 6.45) is 0.739. The first-order valence-corrected chi connectivity index (χ1v) is 11.5. The van der Waals surface area contributed by atoms with Crippen molar-refractivity contribution in [3.8, 4) is 0 Å².